The van der Waals surface area contributed by atoms with Crippen LogP contribution in [0.2, 0.25) is 0 Å². The van der Waals surface area contributed by atoms with E-state index >= 15 is 0 Å². The lowest BCUT2D eigenvalue weighted by Gasteiger charge is -2.31. The van der Waals surface area contributed by atoms with Gasteiger partial charge < -0.3 is 20.3 Å². The number of guanidine groups is 1. The molecule has 0 aliphatic carbocycles. The van der Waals surface area contributed by atoms with Crippen LogP contribution in [0.1, 0.15) is 25.5 Å². The minimum absolute atomic E-state index is 0.328. The maximum atomic E-state index is 5.11. The Kier molecular flexibility index (Phi) is 11.7. The summed E-state index contributed by atoms with van der Waals surface area (Å²) in [5, 5.41) is 6.88. The van der Waals surface area contributed by atoms with Crippen LogP contribution in [0.4, 0.5) is 0 Å². The number of likely N-dealkylation sites (N-methyl/N-ethyl adjacent to an activating group) is 2. The average molecular weight is 364 g/mol. The first-order valence-corrected chi connectivity index (χ1v) is 9.57. The maximum absolute atomic E-state index is 5.11. The number of ether oxygens (including phenoxy) is 1. The van der Waals surface area contributed by atoms with E-state index in [9.17, 15) is 0 Å². The van der Waals surface area contributed by atoms with Crippen molar-refractivity contribution < 1.29 is 4.74 Å². The van der Waals surface area contributed by atoms with E-state index in [1.165, 1.54) is 5.56 Å². The SMILES string of the molecule is CCN(CC)C(CNC(=NC)NCCN(C)CCOC)c1ccccc1. The van der Waals surface area contributed by atoms with Gasteiger partial charge in [-0.1, -0.05) is 44.2 Å². The van der Waals surface area contributed by atoms with Crippen LogP contribution in [-0.2, 0) is 4.74 Å². The Morgan fingerprint density at radius 3 is 2.38 bits per heavy atom. The lowest BCUT2D eigenvalue weighted by Crippen LogP contribution is -2.45. The Hall–Kier alpha value is -1.63. The molecule has 6 nitrogen and oxygen atoms in total. The number of benzene rings is 1. The second-order valence-electron chi connectivity index (χ2n) is 6.32. The Morgan fingerprint density at radius 2 is 1.81 bits per heavy atom. The summed E-state index contributed by atoms with van der Waals surface area (Å²) in [5.74, 6) is 0.846. The molecule has 0 saturated heterocycles. The molecule has 1 atom stereocenters. The van der Waals surface area contributed by atoms with E-state index in [1.807, 2.05) is 7.05 Å². The third kappa shape index (κ3) is 8.17. The van der Waals surface area contributed by atoms with Crippen LogP contribution in [0.25, 0.3) is 0 Å². The molecule has 0 amide bonds. The van der Waals surface area contributed by atoms with Gasteiger partial charge in [-0.2, -0.15) is 0 Å². The Bertz CT molecular complexity index is 490. The maximum Gasteiger partial charge on any atom is 0.191 e. The minimum Gasteiger partial charge on any atom is -0.383 e. The van der Waals surface area contributed by atoms with Gasteiger partial charge in [0.25, 0.3) is 0 Å². The molecule has 148 valence electrons. The van der Waals surface area contributed by atoms with E-state index in [4.69, 9.17) is 4.74 Å². The molecule has 1 aromatic rings. The van der Waals surface area contributed by atoms with Crippen molar-refractivity contribution in [2.24, 2.45) is 4.99 Å². The number of aliphatic imine (C=N–C) groups is 1. The van der Waals surface area contributed by atoms with Crippen LogP contribution in [-0.4, -0.2) is 82.8 Å². The predicted molar refractivity (Wildman–Crippen MR) is 111 cm³/mol. The highest BCUT2D eigenvalue weighted by Gasteiger charge is 2.18. The van der Waals surface area contributed by atoms with Gasteiger partial charge in [0, 0.05) is 40.3 Å². The smallest absolute Gasteiger partial charge is 0.191 e. The van der Waals surface area contributed by atoms with Gasteiger partial charge in [-0.05, 0) is 25.7 Å². The first-order chi connectivity index (χ1) is 12.7. The predicted octanol–water partition coefficient (Wildman–Crippen LogP) is 1.81. The van der Waals surface area contributed by atoms with Crippen molar-refractivity contribution in [3.63, 3.8) is 0 Å². The van der Waals surface area contributed by atoms with Crippen molar-refractivity contribution in [1.82, 2.24) is 20.4 Å². The van der Waals surface area contributed by atoms with Gasteiger partial charge in [0.05, 0.1) is 12.6 Å². The summed E-state index contributed by atoms with van der Waals surface area (Å²) >= 11 is 0. The molecule has 1 unspecified atom stereocenters. The highest BCUT2D eigenvalue weighted by Crippen LogP contribution is 2.19. The largest absolute Gasteiger partial charge is 0.383 e. The van der Waals surface area contributed by atoms with Crippen molar-refractivity contribution in [2.75, 3.05) is 67.1 Å². The molecule has 0 aliphatic heterocycles. The fourth-order valence-corrected chi connectivity index (χ4v) is 2.94. The summed E-state index contributed by atoms with van der Waals surface area (Å²) in [5.41, 5.74) is 1.33. The van der Waals surface area contributed by atoms with E-state index < -0.39 is 0 Å². The van der Waals surface area contributed by atoms with Crippen molar-refractivity contribution >= 4 is 5.96 Å². The fourth-order valence-electron chi connectivity index (χ4n) is 2.94. The molecule has 0 aliphatic rings. The quantitative estimate of drug-likeness (QED) is 0.438. The van der Waals surface area contributed by atoms with Crippen LogP contribution in [0.3, 0.4) is 0 Å². The van der Waals surface area contributed by atoms with Gasteiger partial charge in [-0.25, -0.2) is 0 Å². The zero-order chi connectivity index (χ0) is 19.2. The number of nitrogens with one attached hydrogen (secondary N) is 2. The molecule has 0 saturated carbocycles. The summed E-state index contributed by atoms with van der Waals surface area (Å²) in [4.78, 5) is 9.07. The van der Waals surface area contributed by atoms with Gasteiger partial charge >= 0.3 is 0 Å². The van der Waals surface area contributed by atoms with Crippen molar-refractivity contribution in [3.8, 4) is 0 Å². The van der Waals surface area contributed by atoms with E-state index in [1.54, 1.807) is 7.11 Å². The Balaban J connectivity index is 2.54. The summed E-state index contributed by atoms with van der Waals surface area (Å²) in [6, 6.07) is 11.0. The van der Waals surface area contributed by atoms with Gasteiger partial charge in [0.1, 0.15) is 0 Å². The topological polar surface area (TPSA) is 52.1 Å². The molecule has 2 N–H and O–H groups in total. The van der Waals surface area contributed by atoms with Crippen LogP contribution < -0.4 is 10.6 Å². The van der Waals surface area contributed by atoms with Crippen LogP contribution in [0, 0.1) is 0 Å². The molecule has 0 bridgehead atoms. The van der Waals surface area contributed by atoms with Crippen LogP contribution in [0.5, 0.6) is 0 Å². The van der Waals surface area contributed by atoms with Gasteiger partial charge in [0.15, 0.2) is 5.96 Å². The number of hydrogen-bond acceptors (Lipinski definition) is 4. The molecule has 0 radical (unpaired) electrons. The molecule has 0 aromatic heterocycles. The van der Waals surface area contributed by atoms with Gasteiger partial charge in [-0.15, -0.1) is 0 Å². The van der Waals surface area contributed by atoms with E-state index in [2.05, 4.69) is 76.7 Å². The summed E-state index contributed by atoms with van der Waals surface area (Å²) in [6.07, 6.45) is 0. The third-order valence-electron chi connectivity index (χ3n) is 4.59. The average Bonchev–Trinajstić information content (AvgIpc) is 2.68. The van der Waals surface area contributed by atoms with E-state index in [0.717, 1.165) is 51.8 Å². The molecule has 0 fully saturated rings. The van der Waals surface area contributed by atoms with Gasteiger partial charge in [0.2, 0.25) is 0 Å². The standard InChI is InChI=1S/C20H37N5O/c1-6-25(7-2)19(18-11-9-8-10-12-18)17-23-20(21-3)22-13-14-24(4)15-16-26-5/h8-12,19H,6-7,13-17H2,1-5H3,(H2,21,22,23). The first-order valence-electron chi connectivity index (χ1n) is 9.57. The number of hydrogen-bond donors (Lipinski definition) is 2. The normalized spacial score (nSPS) is 13.3. The zero-order valence-electron chi connectivity index (χ0n) is 17.2. The van der Waals surface area contributed by atoms with Crippen molar-refractivity contribution in [3.05, 3.63) is 35.9 Å². The van der Waals surface area contributed by atoms with Gasteiger partial charge in [-0.3, -0.25) is 9.89 Å². The first kappa shape index (κ1) is 22.4. The minimum atomic E-state index is 0.328. The van der Waals surface area contributed by atoms with Crippen LogP contribution in [0.15, 0.2) is 35.3 Å². The number of methoxy groups -OCH3 is 1. The van der Waals surface area contributed by atoms with Crippen LogP contribution >= 0.6 is 0 Å². The second kappa shape index (κ2) is 13.6. The van der Waals surface area contributed by atoms with Crippen molar-refractivity contribution in [1.29, 1.82) is 0 Å². The molecule has 0 heterocycles. The fraction of sp³-hybridized carbons (Fsp3) is 0.650. The molecule has 0 spiro atoms. The monoisotopic (exact) mass is 363 g/mol. The van der Waals surface area contributed by atoms with Crippen molar-refractivity contribution in [2.45, 2.75) is 19.9 Å². The molecular formula is C20H37N5O. The summed E-state index contributed by atoms with van der Waals surface area (Å²) in [6.45, 7) is 10.8. The molecule has 26 heavy (non-hydrogen) atoms. The van der Waals surface area contributed by atoms with E-state index in [0.29, 0.717) is 6.04 Å². The molecular weight excluding hydrogens is 326 g/mol. The highest BCUT2D eigenvalue weighted by molar-refractivity contribution is 5.79. The molecule has 1 aromatic carbocycles. The number of rotatable bonds is 12. The number of nitrogens with zero attached hydrogens (tertiary/aromatic N) is 3. The lowest BCUT2D eigenvalue weighted by molar-refractivity contribution is 0.162. The second-order valence-corrected chi connectivity index (χ2v) is 6.32. The zero-order valence-corrected chi connectivity index (χ0v) is 17.2. The molecule has 1 rings (SSSR count). The van der Waals surface area contributed by atoms with E-state index in [-0.39, 0.29) is 0 Å². The lowest BCUT2D eigenvalue weighted by atomic mass is 10.1. The molecule has 6 heteroatoms. The summed E-state index contributed by atoms with van der Waals surface area (Å²) < 4.78 is 5.11. The summed E-state index contributed by atoms with van der Waals surface area (Å²) in [7, 11) is 5.65. The highest BCUT2D eigenvalue weighted by atomic mass is 16.5. The third-order valence-corrected chi connectivity index (χ3v) is 4.59. The Labute approximate surface area is 159 Å². The Morgan fingerprint density at radius 1 is 1.12 bits per heavy atom.